The molecule has 0 aliphatic heterocycles. The Hall–Kier alpha value is -2.21. The van der Waals surface area contributed by atoms with Crippen LogP contribution in [0.1, 0.15) is 26.5 Å². The molecule has 106 valence electrons. The van der Waals surface area contributed by atoms with Gasteiger partial charge in [0.25, 0.3) is 0 Å². The quantitative estimate of drug-likeness (QED) is 0.756. The normalized spacial score (nSPS) is 12.7. The molecule has 0 aromatic carbocycles. The largest absolute Gasteiger partial charge is 0.465 e. The third-order valence-electron chi connectivity index (χ3n) is 2.77. The van der Waals surface area contributed by atoms with Crippen LogP contribution in [0.3, 0.4) is 0 Å². The molecule has 6 heteroatoms. The van der Waals surface area contributed by atoms with Crippen molar-refractivity contribution in [1.29, 1.82) is 0 Å². The van der Waals surface area contributed by atoms with Crippen molar-refractivity contribution in [2.24, 2.45) is 0 Å². The van der Waals surface area contributed by atoms with E-state index in [0.29, 0.717) is 18.1 Å². The minimum atomic E-state index is -0.945. The van der Waals surface area contributed by atoms with Gasteiger partial charge in [-0.1, -0.05) is 0 Å². The average molecular weight is 275 g/mol. The number of ketones is 1. The SMILES string of the molecule is CCOC(C)(C)C(=O)C(=Cc1ccco1)n1cncn1. The van der Waals surface area contributed by atoms with Gasteiger partial charge >= 0.3 is 0 Å². The van der Waals surface area contributed by atoms with Crippen LogP contribution in [0.15, 0.2) is 35.5 Å². The van der Waals surface area contributed by atoms with Gasteiger partial charge < -0.3 is 9.15 Å². The van der Waals surface area contributed by atoms with Gasteiger partial charge in [0.15, 0.2) is 0 Å². The molecule has 0 amide bonds. The summed E-state index contributed by atoms with van der Waals surface area (Å²) in [5, 5.41) is 4.01. The lowest BCUT2D eigenvalue weighted by Crippen LogP contribution is -2.37. The molecule has 0 bridgehead atoms. The highest BCUT2D eigenvalue weighted by Gasteiger charge is 2.32. The van der Waals surface area contributed by atoms with Crippen LogP contribution in [0.25, 0.3) is 11.8 Å². The van der Waals surface area contributed by atoms with Crippen molar-refractivity contribution >= 4 is 17.6 Å². The summed E-state index contributed by atoms with van der Waals surface area (Å²) in [6, 6.07) is 3.51. The monoisotopic (exact) mass is 275 g/mol. The summed E-state index contributed by atoms with van der Waals surface area (Å²) in [7, 11) is 0. The molecular weight excluding hydrogens is 258 g/mol. The Morgan fingerprint density at radius 1 is 1.55 bits per heavy atom. The molecule has 0 atom stereocenters. The fraction of sp³-hybridized carbons (Fsp3) is 0.357. The summed E-state index contributed by atoms with van der Waals surface area (Å²) in [5.74, 6) is 0.373. The predicted octanol–water partition coefficient (Wildman–Crippen LogP) is 2.25. The van der Waals surface area contributed by atoms with Gasteiger partial charge in [-0.05, 0) is 32.9 Å². The minimum absolute atomic E-state index is 0.193. The first-order valence-corrected chi connectivity index (χ1v) is 6.33. The molecule has 0 unspecified atom stereocenters. The zero-order valence-electron chi connectivity index (χ0n) is 11.7. The number of carbonyl (C=O) groups is 1. The van der Waals surface area contributed by atoms with Crippen molar-refractivity contribution < 1.29 is 13.9 Å². The van der Waals surface area contributed by atoms with E-state index in [2.05, 4.69) is 10.1 Å². The van der Waals surface area contributed by atoms with Crippen molar-refractivity contribution in [2.75, 3.05) is 6.61 Å². The van der Waals surface area contributed by atoms with Crippen LogP contribution in [0.2, 0.25) is 0 Å². The van der Waals surface area contributed by atoms with E-state index >= 15 is 0 Å². The van der Waals surface area contributed by atoms with Gasteiger partial charge in [-0.15, -0.1) is 0 Å². The Labute approximate surface area is 117 Å². The van der Waals surface area contributed by atoms with Crippen molar-refractivity contribution in [3.05, 3.63) is 36.8 Å². The number of nitrogens with zero attached hydrogens (tertiary/aromatic N) is 3. The van der Waals surface area contributed by atoms with Gasteiger partial charge in [-0.2, -0.15) is 5.10 Å². The molecule has 2 aromatic heterocycles. The lowest BCUT2D eigenvalue weighted by molar-refractivity contribution is -0.133. The second-order valence-corrected chi connectivity index (χ2v) is 4.66. The molecule has 0 aliphatic carbocycles. The lowest BCUT2D eigenvalue weighted by atomic mass is 10.00. The zero-order valence-corrected chi connectivity index (χ0v) is 11.7. The molecule has 20 heavy (non-hydrogen) atoms. The standard InChI is InChI=1S/C14H17N3O3/c1-4-20-14(2,3)13(18)12(17-10-15-9-16-17)8-11-6-5-7-19-11/h5-10H,4H2,1-3H3. The molecule has 0 fully saturated rings. The summed E-state index contributed by atoms with van der Waals surface area (Å²) in [6.45, 7) is 5.75. The topological polar surface area (TPSA) is 70.2 Å². The van der Waals surface area contributed by atoms with Crippen molar-refractivity contribution in [3.8, 4) is 0 Å². The first-order chi connectivity index (χ1) is 9.54. The first kappa shape index (κ1) is 14.2. The highest BCUT2D eigenvalue weighted by molar-refractivity contribution is 6.22. The van der Waals surface area contributed by atoms with Gasteiger partial charge in [-0.25, -0.2) is 9.67 Å². The van der Waals surface area contributed by atoms with Crippen LogP contribution in [-0.4, -0.2) is 32.8 Å². The van der Waals surface area contributed by atoms with Gasteiger partial charge in [-0.3, -0.25) is 4.79 Å². The molecule has 6 nitrogen and oxygen atoms in total. The molecule has 2 heterocycles. The summed E-state index contributed by atoms with van der Waals surface area (Å²) in [4.78, 5) is 16.5. The number of carbonyl (C=O) groups excluding carboxylic acids is 1. The molecular formula is C14H17N3O3. The Balaban J connectivity index is 2.40. The van der Waals surface area contributed by atoms with Crippen molar-refractivity contribution in [3.63, 3.8) is 0 Å². The number of aromatic nitrogens is 3. The highest BCUT2D eigenvalue weighted by atomic mass is 16.5. The fourth-order valence-corrected chi connectivity index (χ4v) is 1.81. The molecule has 2 rings (SSSR count). The van der Waals surface area contributed by atoms with E-state index in [1.165, 1.54) is 17.3 Å². The van der Waals surface area contributed by atoms with Crippen LogP contribution < -0.4 is 0 Å². The van der Waals surface area contributed by atoms with Crippen LogP contribution in [0.4, 0.5) is 0 Å². The van der Waals surface area contributed by atoms with Crippen LogP contribution in [-0.2, 0) is 9.53 Å². The molecule has 0 saturated carbocycles. The number of hydrogen-bond acceptors (Lipinski definition) is 5. The van der Waals surface area contributed by atoms with Gasteiger partial charge in [0.05, 0.1) is 6.26 Å². The van der Waals surface area contributed by atoms with Gasteiger partial charge in [0.1, 0.15) is 29.7 Å². The lowest BCUT2D eigenvalue weighted by Gasteiger charge is -2.24. The molecule has 0 spiro atoms. The summed E-state index contributed by atoms with van der Waals surface area (Å²) in [5.41, 5.74) is -0.602. The van der Waals surface area contributed by atoms with Crippen LogP contribution >= 0.6 is 0 Å². The Bertz CT molecular complexity index is 583. The predicted molar refractivity (Wildman–Crippen MR) is 73.6 cm³/mol. The van der Waals surface area contributed by atoms with E-state index in [0.717, 1.165) is 0 Å². The fourth-order valence-electron chi connectivity index (χ4n) is 1.81. The van der Waals surface area contributed by atoms with E-state index in [1.54, 1.807) is 38.3 Å². The van der Waals surface area contributed by atoms with Crippen molar-refractivity contribution in [2.45, 2.75) is 26.4 Å². The number of rotatable bonds is 6. The molecule has 0 N–H and O–H groups in total. The summed E-state index contributed by atoms with van der Waals surface area (Å²) < 4.78 is 12.2. The third-order valence-corrected chi connectivity index (χ3v) is 2.77. The second-order valence-electron chi connectivity index (χ2n) is 4.66. The summed E-state index contributed by atoms with van der Waals surface area (Å²) >= 11 is 0. The smallest absolute Gasteiger partial charge is 0.212 e. The minimum Gasteiger partial charge on any atom is -0.465 e. The number of furan rings is 1. The Kier molecular flexibility index (Phi) is 4.14. The van der Waals surface area contributed by atoms with Crippen LogP contribution in [0, 0.1) is 0 Å². The maximum Gasteiger partial charge on any atom is 0.212 e. The van der Waals surface area contributed by atoms with Gasteiger partial charge in [0.2, 0.25) is 5.78 Å². The van der Waals surface area contributed by atoms with E-state index in [-0.39, 0.29) is 5.78 Å². The molecule has 2 aromatic rings. The number of hydrogen-bond donors (Lipinski definition) is 0. The van der Waals surface area contributed by atoms with E-state index in [4.69, 9.17) is 9.15 Å². The first-order valence-electron chi connectivity index (χ1n) is 6.33. The van der Waals surface area contributed by atoms with Crippen molar-refractivity contribution in [1.82, 2.24) is 14.8 Å². The zero-order chi connectivity index (χ0) is 14.6. The highest BCUT2D eigenvalue weighted by Crippen LogP contribution is 2.21. The number of ether oxygens (including phenoxy) is 1. The maximum atomic E-state index is 12.7. The molecule has 0 aliphatic rings. The van der Waals surface area contributed by atoms with Crippen LogP contribution in [0.5, 0.6) is 0 Å². The molecule has 0 radical (unpaired) electrons. The average Bonchev–Trinajstić information content (AvgIpc) is 3.08. The third kappa shape index (κ3) is 3.03. The maximum absolute atomic E-state index is 12.7. The van der Waals surface area contributed by atoms with E-state index in [1.807, 2.05) is 6.92 Å². The Morgan fingerprint density at radius 3 is 2.90 bits per heavy atom. The van der Waals surface area contributed by atoms with E-state index in [9.17, 15) is 4.79 Å². The summed E-state index contributed by atoms with van der Waals surface area (Å²) in [6.07, 6.45) is 6.01. The van der Waals surface area contributed by atoms with Gasteiger partial charge in [0, 0.05) is 12.7 Å². The second kappa shape index (κ2) is 5.83. The van der Waals surface area contributed by atoms with E-state index < -0.39 is 5.60 Å². The number of Topliss-reactive ketones (excluding diaryl/α,β-unsaturated/α-hetero) is 1. The Morgan fingerprint density at radius 2 is 2.35 bits per heavy atom. The molecule has 0 saturated heterocycles.